The lowest BCUT2D eigenvalue weighted by molar-refractivity contribution is -0.133. The Morgan fingerprint density at radius 3 is 2.56 bits per heavy atom. The van der Waals surface area contributed by atoms with Crippen LogP contribution in [-0.4, -0.2) is 27.6 Å². The van der Waals surface area contributed by atoms with Gasteiger partial charge in [0, 0.05) is 5.69 Å². The maximum atomic E-state index is 12.8. The number of rotatable bonds is 2. The van der Waals surface area contributed by atoms with E-state index in [1.165, 1.54) is 5.56 Å². The summed E-state index contributed by atoms with van der Waals surface area (Å²) in [6, 6.07) is 5.43. The van der Waals surface area contributed by atoms with Crippen LogP contribution in [0.2, 0.25) is 0 Å². The Labute approximate surface area is 153 Å². The van der Waals surface area contributed by atoms with Crippen molar-refractivity contribution in [2.75, 3.05) is 5.32 Å². The normalized spacial score (nSPS) is 25.9. The molecule has 0 bridgehead atoms. The molecule has 2 aliphatic rings. The van der Waals surface area contributed by atoms with Crippen molar-refractivity contribution in [3.8, 4) is 0 Å². The van der Waals surface area contributed by atoms with Gasteiger partial charge in [-0.15, -0.1) is 0 Å². The summed E-state index contributed by atoms with van der Waals surface area (Å²) in [5.74, 6) is 0.346. The van der Waals surface area contributed by atoms with Gasteiger partial charge in [0.05, 0.1) is 0 Å². The van der Waals surface area contributed by atoms with E-state index in [0.29, 0.717) is 18.8 Å². The van der Waals surface area contributed by atoms with Gasteiger partial charge >= 0.3 is 6.03 Å². The number of nitrogens with one attached hydrogen (secondary N) is 3. The Balaban J connectivity index is 1.66. The quantitative estimate of drug-likeness (QED) is 0.558. The van der Waals surface area contributed by atoms with Crippen molar-refractivity contribution in [1.29, 1.82) is 0 Å². The molecule has 0 atom stereocenters. The molecule has 1 spiro atoms. The molecule has 1 saturated carbocycles. The zero-order chi connectivity index (χ0) is 18.2. The fourth-order valence-electron chi connectivity index (χ4n) is 3.40. The maximum absolute atomic E-state index is 12.8. The molecule has 7 heteroatoms. The van der Waals surface area contributed by atoms with Gasteiger partial charge < -0.3 is 10.6 Å². The summed E-state index contributed by atoms with van der Waals surface area (Å²) in [5, 5.41) is 7.11. The molecule has 1 saturated heterocycles. The second kappa shape index (κ2) is 6.63. The maximum Gasteiger partial charge on any atom is 0.344 e. The molecule has 0 unspecified atom stereocenters. The van der Waals surface area contributed by atoms with Crippen LogP contribution in [0, 0.1) is 19.8 Å². The summed E-state index contributed by atoms with van der Waals surface area (Å²) in [4.78, 5) is 25.0. The predicted octanol–water partition coefficient (Wildman–Crippen LogP) is 3.01. The van der Waals surface area contributed by atoms with Gasteiger partial charge in [-0.3, -0.25) is 10.2 Å². The number of hydrogen-bond acceptors (Lipinski definition) is 3. The minimum atomic E-state index is -0.771. The van der Waals surface area contributed by atoms with E-state index < -0.39 is 11.6 Å². The monoisotopic (exact) mass is 360 g/mol. The summed E-state index contributed by atoms with van der Waals surface area (Å²) in [7, 11) is 0. The fraction of sp³-hybridized carbons (Fsp3) is 0.500. The first-order valence-electron chi connectivity index (χ1n) is 8.62. The van der Waals surface area contributed by atoms with Crippen LogP contribution in [0.4, 0.5) is 10.5 Å². The van der Waals surface area contributed by atoms with E-state index in [9.17, 15) is 9.59 Å². The molecule has 0 radical (unpaired) electrons. The van der Waals surface area contributed by atoms with Crippen LogP contribution in [-0.2, 0) is 4.79 Å². The first-order chi connectivity index (χ1) is 11.8. The van der Waals surface area contributed by atoms with Crippen LogP contribution in [0.25, 0.3) is 0 Å². The molecule has 6 nitrogen and oxygen atoms in total. The minimum absolute atomic E-state index is 0.216. The Morgan fingerprint density at radius 1 is 1.24 bits per heavy atom. The highest BCUT2D eigenvalue weighted by Gasteiger charge is 2.52. The van der Waals surface area contributed by atoms with Crippen LogP contribution >= 0.6 is 12.2 Å². The average Bonchev–Trinajstić information content (AvgIpc) is 2.78. The van der Waals surface area contributed by atoms with Crippen LogP contribution in [0.5, 0.6) is 0 Å². The molecule has 1 aromatic rings. The number of carbonyl (C=O) groups excluding carboxylic acids is 2. The molecule has 1 aliphatic heterocycles. The number of carbonyl (C=O) groups is 2. The lowest BCUT2D eigenvalue weighted by Gasteiger charge is -2.33. The van der Waals surface area contributed by atoms with E-state index in [-0.39, 0.29) is 11.0 Å². The number of anilines is 1. The molecular weight excluding hydrogens is 336 g/mol. The number of thiocarbonyl (C=S) groups is 1. The molecule has 1 aromatic carbocycles. The van der Waals surface area contributed by atoms with Crippen LogP contribution < -0.4 is 16.1 Å². The van der Waals surface area contributed by atoms with Gasteiger partial charge in [-0.1, -0.05) is 13.0 Å². The number of aryl methyl sites for hydroxylation is 2. The Bertz CT molecular complexity index is 726. The minimum Gasteiger partial charge on any atom is -0.331 e. The molecule has 1 aliphatic carbocycles. The second-order valence-corrected chi connectivity index (χ2v) is 7.61. The van der Waals surface area contributed by atoms with Gasteiger partial charge in [0.1, 0.15) is 5.54 Å². The summed E-state index contributed by atoms with van der Waals surface area (Å²) in [6.45, 7) is 6.22. The highest BCUT2D eigenvalue weighted by atomic mass is 32.1. The van der Waals surface area contributed by atoms with Crippen molar-refractivity contribution in [1.82, 2.24) is 15.8 Å². The van der Waals surface area contributed by atoms with Gasteiger partial charge in [0.15, 0.2) is 5.11 Å². The van der Waals surface area contributed by atoms with Crippen molar-refractivity contribution in [3.05, 3.63) is 29.3 Å². The molecule has 0 aromatic heterocycles. The number of benzene rings is 1. The number of imide groups is 1. The smallest absolute Gasteiger partial charge is 0.331 e. The molecular formula is C18H24N4O2S. The first-order valence-corrected chi connectivity index (χ1v) is 9.03. The Kier molecular flexibility index (Phi) is 4.69. The van der Waals surface area contributed by atoms with E-state index in [2.05, 4.69) is 23.0 Å². The topological polar surface area (TPSA) is 73.5 Å². The van der Waals surface area contributed by atoms with Gasteiger partial charge in [-0.05, 0) is 80.9 Å². The lowest BCUT2D eigenvalue weighted by Crippen LogP contribution is -2.52. The van der Waals surface area contributed by atoms with Crippen molar-refractivity contribution in [2.45, 2.75) is 52.0 Å². The zero-order valence-electron chi connectivity index (χ0n) is 14.8. The van der Waals surface area contributed by atoms with Crippen LogP contribution in [0.1, 0.15) is 43.7 Å². The van der Waals surface area contributed by atoms with E-state index in [0.717, 1.165) is 29.1 Å². The predicted molar refractivity (Wildman–Crippen MR) is 101 cm³/mol. The summed E-state index contributed by atoms with van der Waals surface area (Å²) < 4.78 is 0. The van der Waals surface area contributed by atoms with E-state index >= 15 is 0 Å². The molecule has 3 amide bonds. The van der Waals surface area contributed by atoms with E-state index in [1.54, 1.807) is 0 Å². The van der Waals surface area contributed by atoms with E-state index in [4.69, 9.17) is 12.2 Å². The fourth-order valence-corrected chi connectivity index (χ4v) is 3.60. The van der Waals surface area contributed by atoms with Crippen molar-refractivity contribution < 1.29 is 9.59 Å². The van der Waals surface area contributed by atoms with Crippen molar-refractivity contribution in [2.24, 2.45) is 5.92 Å². The van der Waals surface area contributed by atoms with Gasteiger partial charge in [-0.25, -0.2) is 4.79 Å². The van der Waals surface area contributed by atoms with Crippen LogP contribution in [0.3, 0.4) is 0 Å². The first kappa shape index (κ1) is 17.7. The van der Waals surface area contributed by atoms with Crippen molar-refractivity contribution in [3.63, 3.8) is 0 Å². The van der Waals surface area contributed by atoms with Crippen molar-refractivity contribution >= 4 is 35.0 Å². The molecule has 25 heavy (non-hydrogen) atoms. The highest BCUT2D eigenvalue weighted by molar-refractivity contribution is 7.80. The number of urea groups is 1. The molecule has 2 fully saturated rings. The zero-order valence-corrected chi connectivity index (χ0v) is 15.6. The molecule has 3 rings (SSSR count). The molecule has 3 N–H and O–H groups in total. The Hall–Kier alpha value is -2.15. The summed E-state index contributed by atoms with van der Waals surface area (Å²) in [5.41, 5.74) is 5.10. The van der Waals surface area contributed by atoms with E-state index in [1.807, 2.05) is 32.0 Å². The standard InChI is InChI=1S/C18H24N4O2S/c1-11-6-8-18(9-7-11)15(23)22(17(24)20-18)21-16(25)19-14-5-4-12(2)13(3)10-14/h4-5,10-11H,6-9H2,1-3H3,(H,20,24)(H2,19,21,25). The average molecular weight is 360 g/mol. The SMILES string of the molecule is Cc1ccc(NC(=S)NN2C(=O)NC3(CCC(C)CC3)C2=O)cc1C. The number of hydrazine groups is 1. The third-order valence-corrected chi connectivity index (χ3v) is 5.46. The largest absolute Gasteiger partial charge is 0.344 e. The Morgan fingerprint density at radius 2 is 1.92 bits per heavy atom. The molecule has 1 heterocycles. The third kappa shape index (κ3) is 3.46. The van der Waals surface area contributed by atoms with Gasteiger partial charge in [-0.2, -0.15) is 5.01 Å². The highest BCUT2D eigenvalue weighted by Crippen LogP contribution is 2.35. The lowest BCUT2D eigenvalue weighted by atomic mass is 9.77. The number of amides is 3. The summed E-state index contributed by atoms with van der Waals surface area (Å²) in [6.07, 6.45) is 3.22. The molecule has 134 valence electrons. The number of hydrogen-bond donors (Lipinski definition) is 3. The third-order valence-electron chi connectivity index (χ3n) is 5.27. The van der Waals surface area contributed by atoms with Crippen LogP contribution in [0.15, 0.2) is 18.2 Å². The second-order valence-electron chi connectivity index (χ2n) is 7.20. The van der Waals surface area contributed by atoms with Gasteiger partial charge in [0.25, 0.3) is 5.91 Å². The summed E-state index contributed by atoms with van der Waals surface area (Å²) >= 11 is 5.27. The van der Waals surface area contributed by atoms with Gasteiger partial charge in [0.2, 0.25) is 0 Å². The number of nitrogens with zero attached hydrogens (tertiary/aromatic N) is 1.